The van der Waals surface area contributed by atoms with E-state index in [1.54, 1.807) is 11.3 Å². The number of benzene rings is 1. The molecule has 3 aromatic rings. The summed E-state index contributed by atoms with van der Waals surface area (Å²) in [7, 11) is 0. The topological polar surface area (TPSA) is 38.7 Å². The zero-order valence-corrected chi connectivity index (χ0v) is 10.4. The van der Waals surface area contributed by atoms with Gasteiger partial charge in [0.1, 0.15) is 16.7 Å². The van der Waals surface area contributed by atoms with Crippen molar-refractivity contribution in [3.63, 3.8) is 0 Å². The number of hydrogen-bond acceptors (Lipinski definition) is 4. The van der Waals surface area contributed by atoms with Crippen LogP contribution in [0.2, 0.25) is 5.15 Å². The van der Waals surface area contributed by atoms with E-state index in [2.05, 4.69) is 27.1 Å². The first-order valence-corrected chi connectivity index (χ1v) is 6.32. The Morgan fingerprint density at radius 3 is 2.71 bits per heavy atom. The minimum absolute atomic E-state index is 0.422. The molecule has 3 rings (SSSR count). The number of fused-ring (bicyclic) bond motifs is 1. The van der Waals surface area contributed by atoms with E-state index in [1.165, 1.54) is 11.9 Å². The maximum atomic E-state index is 5.97. The molecule has 0 radical (unpaired) electrons. The van der Waals surface area contributed by atoms with E-state index >= 15 is 0 Å². The highest BCUT2D eigenvalue weighted by Gasteiger charge is 2.09. The first-order chi connectivity index (χ1) is 8.33. The molecule has 2 heterocycles. The lowest BCUT2D eigenvalue weighted by atomic mass is 10.2. The van der Waals surface area contributed by atoms with E-state index < -0.39 is 0 Å². The van der Waals surface area contributed by atoms with Gasteiger partial charge in [-0.05, 0) is 5.56 Å². The molecule has 0 saturated carbocycles. The van der Waals surface area contributed by atoms with Crippen LogP contribution in [0.3, 0.4) is 0 Å². The van der Waals surface area contributed by atoms with Crippen molar-refractivity contribution in [2.45, 2.75) is 6.42 Å². The zero-order valence-electron chi connectivity index (χ0n) is 8.80. The van der Waals surface area contributed by atoms with Crippen LogP contribution in [0.4, 0.5) is 0 Å². The molecule has 0 bridgehead atoms. The molecule has 3 nitrogen and oxygen atoms in total. The lowest BCUT2D eigenvalue weighted by Gasteiger charge is -1.95. The highest BCUT2D eigenvalue weighted by Crippen LogP contribution is 2.25. The minimum atomic E-state index is 0.422. The second kappa shape index (κ2) is 4.39. The fourth-order valence-electron chi connectivity index (χ4n) is 1.62. The van der Waals surface area contributed by atoms with Crippen molar-refractivity contribution in [2.75, 3.05) is 0 Å². The fraction of sp³-hybridized carbons (Fsp3) is 0.0833. The van der Waals surface area contributed by atoms with Crippen molar-refractivity contribution in [1.29, 1.82) is 0 Å². The van der Waals surface area contributed by atoms with Gasteiger partial charge < -0.3 is 0 Å². The van der Waals surface area contributed by atoms with Crippen LogP contribution in [0, 0.1) is 0 Å². The van der Waals surface area contributed by atoms with Gasteiger partial charge in [0.15, 0.2) is 5.15 Å². The lowest BCUT2D eigenvalue weighted by Crippen LogP contribution is -1.86. The van der Waals surface area contributed by atoms with E-state index in [0.29, 0.717) is 10.7 Å². The maximum absolute atomic E-state index is 5.97. The largest absolute Gasteiger partial charge is 0.236 e. The van der Waals surface area contributed by atoms with Crippen LogP contribution in [0.25, 0.3) is 10.3 Å². The first-order valence-electron chi connectivity index (χ1n) is 5.13. The predicted molar refractivity (Wildman–Crippen MR) is 69.5 cm³/mol. The Bertz CT molecular complexity index is 651. The van der Waals surface area contributed by atoms with E-state index in [-0.39, 0.29) is 0 Å². The van der Waals surface area contributed by atoms with Gasteiger partial charge in [-0.3, -0.25) is 0 Å². The van der Waals surface area contributed by atoms with Gasteiger partial charge >= 0.3 is 0 Å². The number of halogens is 1. The number of thiazole rings is 1. The van der Waals surface area contributed by atoms with Crippen molar-refractivity contribution >= 4 is 33.3 Å². The monoisotopic (exact) mass is 261 g/mol. The maximum Gasteiger partial charge on any atom is 0.159 e. The summed E-state index contributed by atoms with van der Waals surface area (Å²) < 4.78 is 0. The number of aromatic nitrogens is 3. The summed E-state index contributed by atoms with van der Waals surface area (Å²) >= 11 is 7.53. The third-order valence-corrected chi connectivity index (χ3v) is 3.63. The zero-order chi connectivity index (χ0) is 11.7. The Morgan fingerprint density at radius 2 is 1.94 bits per heavy atom. The van der Waals surface area contributed by atoms with Gasteiger partial charge in [-0.2, -0.15) is 0 Å². The molecule has 0 aliphatic heterocycles. The molecule has 0 aliphatic rings. The molecule has 1 aromatic carbocycles. The summed E-state index contributed by atoms with van der Waals surface area (Å²) in [5.41, 5.74) is 1.93. The highest BCUT2D eigenvalue weighted by atomic mass is 35.5. The molecule has 0 amide bonds. The number of hydrogen-bond donors (Lipinski definition) is 0. The molecule has 17 heavy (non-hydrogen) atoms. The molecule has 5 heteroatoms. The van der Waals surface area contributed by atoms with Crippen molar-refractivity contribution in [3.05, 3.63) is 52.4 Å². The SMILES string of the molecule is Clc1ncnc2sc(Cc3ccccc3)nc12. The van der Waals surface area contributed by atoms with Crippen molar-refractivity contribution in [3.8, 4) is 0 Å². The summed E-state index contributed by atoms with van der Waals surface area (Å²) in [5, 5.41) is 1.43. The lowest BCUT2D eigenvalue weighted by molar-refractivity contribution is 1.14. The Hall–Kier alpha value is -1.52. The van der Waals surface area contributed by atoms with Crippen molar-refractivity contribution in [1.82, 2.24) is 15.0 Å². The van der Waals surface area contributed by atoms with Gasteiger partial charge in [-0.25, -0.2) is 15.0 Å². The van der Waals surface area contributed by atoms with Gasteiger partial charge in [0.05, 0.1) is 5.01 Å². The summed E-state index contributed by atoms with van der Waals surface area (Å²) in [5.74, 6) is 0. The van der Waals surface area contributed by atoms with Crippen LogP contribution in [0.15, 0.2) is 36.7 Å². The van der Waals surface area contributed by atoms with Gasteiger partial charge in [-0.15, -0.1) is 0 Å². The second-order valence-electron chi connectivity index (χ2n) is 3.59. The van der Waals surface area contributed by atoms with Crippen LogP contribution >= 0.6 is 22.9 Å². The summed E-state index contributed by atoms with van der Waals surface area (Å²) in [4.78, 5) is 13.4. The van der Waals surface area contributed by atoms with E-state index in [0.717, 1.165) is 16.3 Å². The van der Waals surface area contributed by atoms with Crippen molar-refractivity contribution < 1.29 is 0 Å². The molecule has 0 unspecified atom stereocenters. The van der Waals surface area contributed by atoms with E-state index in [1.807, 2.05) is 18.2 Å². The first kappa shape index (κ1) is 10.6. The third-order valence-electron chi connectivity index (χ3n) is 2.39. The second-order valence-corrected chi connectivity index (χ2v) is 5.01. The molecule has 0 spiro atoms. The average Bonchev–Trinajstić information content (AvgIpc) is 2.74. The highest BCUT2D eigenvalue weighted by molar-refractivity contribution is 7.18. The Kier molecular flexibility index (Phi) is 2.74. The molecule has 0 saturated heterocycles. The van der Waals surface area contributed by atoms with Crippen LogP contribution in [-0.2, 0) is 6.42 Å². The molecule has 0 N–H and O–H groups in total. The summed E-state index contributed by atoms with van der Waals surface area (Å²) in [6.45, 7) is 0. The van der Waals surface area contributed by atoms with Gasteiger partial charge in [0, 0.05) is 6.42 Å². The average molecular weight is 262 g/mol. The normalized spacial score (nSPS) is 10.9. The molecular weight excluding hydrogens is 254 g/mol. The Balaban J connectivity index is 1.99. The van der Waals surface area contributed by atoms with Crippen LogP contribution < -0.4 is 0 Å². The fourth-order valence-corrected chi connectivity index (χ4v) is 2.79. The molecular formula is C12H8ClN3S. The number of nitrogens with zero attached hydrogens (tertiary/aromatic N) is 3. The standard InChI is InChI=1S/C12H8ClN3S/c13-11-10-12(15-7-14-11)17-9(16-10)6-8-4-2-1-3-5-8/h1-5,7H,6H2. The number of rotatable bonds is 2. The minimum Gasteiger partial charge on any atom is -0.236 e. The summed E-state index contributed by atoms with van der Waals surface area (Å²) in [6.07, 6.45) is 2.27. The smallest absolute Gasteiger partial charge is 0.159 e. The molecule has 0 atom stereocenters. The van der Waals surface area contributed by atoms with Gasteiger partial charge in [0.2, 0.25) is 0 Å². The third kappa shape index (κ3) is 2.14. The van der Waals surface area contributed by atoms with Crippen LogP contribution in [0.5, 0.6) is 0 Å². The van der Waals surface area contributed by atoms with Crippen molar-refractivity contribution in [2.24, 2.45) is 0 Å². The molecule has 2 aromatic heterocycles. The molecule has 0 aliphatic carbocycles. The van der Waals surface area contributed by atoms with Crippen LogP contribution in [0.1, 0.15) is 10.6 Å². The van der Waals surface area contributed by atoms with Gasteiger partial charge in [0.25, 0.3) is 0 Å². The Morgan fingerprint density at radius 1 is 1.12 bits per heavy atom. The molecule has 0 fully saturated rings. The van der Waals surface area contributed by atoms with E-state index in [9.17, 15) is 0 Å². The van der Waals surface area contributed by atoms with Crippen LogP contribution in [-0.4, -0.2) is 15.0 Å². The van der Waals surface area contributed by atoms with Gasteiger partial charge in [-0.1, -0.05) is 53.3 Å². The summed E-state index contributed by atoms with van der Waals surface area (Å²) in [6, 6.07) is 10.2. The quantitative estimate of drug-likeness (QED) is 0.664. The Labute approximate surface area is 107 Å². The van der Waals surface area contributed by atoms with E-state index in [4.69, 9.17) is 11.6 Å². The predicted octanol–water partition coefficient (Wildman–Crippen LogP) is 3.33. The molecule has 84 valence electrons.